The van der Waals surface area contributed by atoms with E-state index in [9.17, 15) is 15.5 Å². The molecule has 31 heavy (non-hydrogen) atoms. The maximum atomic E-state index is 11.5. The molecule has 3 aromatic heterocycles. The van der Waals surface area contributed by atoms with Gasteiger partial charge in [0, 0.05) is 30.4 Å². The van der Waals surface area contributed by atoms with Crippen LogP contribution in [-0.2, 0) is 15.0 Å². The Kier molecular flexibility index (Phi) is 6.27. The smallest absolute Gasteiger partial charge is 0.150 e. The van der Waals surface area contributed by atoms with E-state index in [1.165, 1.54) is 35.4 Å². The number of ether oxygens (including phenoxy) is 2. The first-order valence-electron chi connectivity index (χ1n) is 9.01. The molecule has 1 saturated heterocycles. The van der Waals surface area contributed by atoms with Crippen LogP contribution in [-0.4, -0.2) is 72.6 Å². The van der Waals surface area contributed by atoms with Gasteiger partial charge >= 0.3 is 0 Å². The number of aromatic nitrogens is 5. The molecule has 0 unspecified atom stereocenters. The zero-order valence-electron chi connectivity index (χ0n) is 16.0. The summed E-state index contributed by atoms with van der Waals surface area (Å²) in [6.45, 7) is -0.514. The summed E-state index contributed by atoms with van der Waals surface area (Å²) in [5, 5.41) is 42.2. The average Bonchev–Trinajstić information content (AvgIpc) is 3.47. The highest BCUT2D eigenvalue weighted by Gasteiger charge is 2.60. The minimum atomic E-state index is -1.60. The predicted octanol–water partition coefficient (Wildman–Crippen LogP) is 1.09. The fourth-order valence-electron chi connectivity index (χ4n) is 3.86. The fraction of sp³-hybridized carbons (Fsp3) is 0.389. The molecule has 13 heteroatoms. The van der Waals surface area contributed by atoms with E-state index in [0.717, 1.165) is 0 Å². The number of halogens is 1. The fourth-order valence-corrected chi connectivity index (χ4v) is 5.11. The van der Waals surface area contributed by atoms with Gasteiger partial charge in [-0.1, -0.05) is 16.8 Å². The number of nitriles is 1. The van der Waals surface area contributed by atoms with Crippen molar-refractivity contribution in [2.45, 2.75) is 29.3 Å². The SMILES string of the molecule is CO[C@@H]1[C@H](S)O[C@@H](CO)[C@@H](O)[C@@]1(c1cc(Cl)cnc1C#N)n1cc(-c2nccs2)nn1. The monoisotopic (exact) mass is 480 g/mol. The molecule has 5 atom stereocenters. The van der Waals surface area contributed by atoms with Gasteiger partial charge in [-0.3, -0.25) is 0 Å². The van der Waals surface area contributed by atoms with Crippen LogP contribution in [0.25, 0.3) is 10.7 Å². The molecule has 0 radical (unpaired) electrons. The first-order chi connectivity index (χ1) is 15.0. The number of aliphatic hydroxyl groups excluding tert-OH is 2. The van der Waals surface area contributed by atoms with Crippen molar-refractivity contribution >= 4 is 35.6 Å². The number of rotatable bonds is 5. The second kappa shape index (κ2) is 8.79. The Bertz CT molecular complexity index is 1110. The highest BCUT2D eigenvalue weighted by atomic mass is 35.5. The molecular weight excluding hydrogens is 464 g/mol. The maximum Gasteiger partial charge on any atom is 0.150 e. The topological polar surface area (TPSA) is 139 Å². The Morgan fingerprint density at radius 3 is 2.94 bits per heavy atom. The van der Waals surface area contributed by atoms with E-state index in [0.29, 0.717) is 10.7 Å². The molecule has 10 nitrogen and oxygen atoms in total. The van der Waals surface area contributed by atoms with Crippen molar-refractivity contribution in [3.63, 3.8) is 0 Å². The number of hydrogen-bond acceptors (Lipinski definition) is 11. The molecule has 1 fully saturated rings. The van der Waals surface area contributed by atoms with Crippen molar-refractivity contribution in [1.82, 2.24) is 25.0 Å². The Hall–Kier alpha value is -2.11. The molecule has 1 aliphatic heterocycles. The molecule has 1 aliphatic rings. The van der Waals surface area contributed by atoms with Gasteiger partial charge in [0.1, 0.15) is 51.8 Å². The van der Waals surface area contributed by atoms with Crippen LogP contribution in [0.3, 0.4) is 0 Å². The summed E-state index contributed by atoms with van der Waals surface area (Å²) < 4.78 is 12.7. The molecule has 0 bridgehead atoms. The van der Waals surface area contributed by atoms with Crippen molar-refractivity contribution in [2.24, 2.45) is 0 Å². The Morgan fingerprint density at radius 2 is 2.29 bits per heavy atom. The van der Waals surface area contributed by atoms with Gasteiger partial charge in [0.25, 0.3) is 0 Å². The van der Waals surface area contributed by atoms with E-state index >= 15 is 0 Å². The molecule has 0 aromatic carbocycles. The van der Waals surface area contributed by atoms with Crippen molar-refractivity contribution in [3.05, 3.63) is 46.3 Å². The lowest BCUT2D eigenvalue weighted by molar-refractivity contribution is -0.213. The number of thiol groups is 1. The van der Waals surface area contributed by atoms with Gasteiger partial charge in [0.15, 0.2) is 0 Å². The number of thiazole rings is 1. The molecule has 162 valence electrons. The Balaban J connectivity index is 2.04. The Morgan fingerprint density at radius 1 is 1.48 bits per heavy atom. The van der Waals surface area contributed by atoms with Crippen LogP contribution in [0.4, 0.5) is 0 Å². The summed E-state index contributed by atoms with van der Waals surface area (Å²) >= 11 is 12.1. The third-order valence-electron chi connectivity index (χ3n) is 5.16. The normalized spacial score (nSPS) is 28.4. The molecule has 0 amide bonds. The summed E-state index contributed by atoms with van der Waals surface area (Å²) in [4.78, 5) is 8.35. The largest absolute Gasteiger partial charge is 0.394 e. The molecule has 4 heterocycles. The number of methoxy groups -OCH3 is 1. The van der Waals surface area contributed by atoms with E-state index < -0.39 is 35.9 Å². The van der Waals surface area contributed by atoms with Gasteiger partial charge in [0.2, 0.25) is 0 Å². The summed E-state index contributed by atoms with van der Waals surface area (Å²) in [7, 11) is 1.42. The van der Waals surface area contributed by atoms with Gasteiger partial charge in [0.05, 0.1) is 17.8 Å². The lowest BCUT2D eigenvalue weighted by Crippen LogP contribution is -2.68. The van der Waals surface area contributed by atoms with E-state index in [1.807, 2.05) is 6.07 Å². The quantitative estimate of drug-likeness (QED) is 0.458. The number of hydrogen-bond donors (Lipinski definition) is 3. The van der Waals surface area contributed by atoms with Gasteiger partial charge in [-0.2, -0.15) is 5.26 Å². The van der Waals surface area contributed by atoms with Crippen LogP contribution in [0, 0.1) is 11.3 Å². The van der Waals surface area contributed by atoms with Crippen LogP contribution in [0.1, 0.15) is 11.3 Å². The Labute approximate surface area is 191 Å². The molecule has 0 spiro atoms. The third-order valence-corrected chi connectivity index (χ3v) is 6.55. The lowest BCUT2D eigenvalue weighted by atomic mass is 9.75. The first kappa shape index (κ1) is 22.1. The maximum absolute atomic E-state index is 11.5. The molecule has 3 aromatic rings. The molecule has 0 aliphatic carbocycles. The van der Waals surface area contributed by atoms with Crippen LogP contribution in [0.2, 0.25) is 5.02 Å². The number of nitrogens with zero attached hydrogens (tertiary/aromatic N) is 6. The van der Waals surface area contributed by atoms with Crippen molar-refractivity contribution in [2.75, 3.05) is 13.7 Å². The minimum absolute atomic E-state index is 0.00378. The predicted molar refractivity (Wildman–Crippen MR) is 114 cm³/mol. The van der Waals surface area contributed by atoms with Crippen LogP contribution in [0.5, 0.6) is 0 Å². The number of pyridine rings is 1. The van der Waals surface area contributed by atoms with E-state index in [4.69, 9.17) is 21.1 Å². The van der Waals surface area contributed by atoms with Crippen LogP contribution < -0.4 is 0 Å². The van der Waals surface area contributed by atoms with E-state index in [1.54, 1.807) is 17.8 Å². The summed E-state index contributed by atoms with van der Waals surface area (Å²) in [5.74, 6) is 0. The van der Waals surface area contributed by atoms with Gasteiger partial charge < -0.3 is 19.7 Å². The zero-order valence-corrected chi connectivity index (χ0v) is 18.5. The van der Waals surface area contributed by atoms with Gasteiger partial charge in [-0.15, -0.1) is 29.1 Å². The van der Waals surface area contributed by atoms with E-state index in [2.05, 4.69) is 32.9 Å². The van der Waals surface area contributed by atoms with E-state index in [-0.39, 0.29) is 16.3 Å². The van der Waals surface area contributed by atoms with Crippen molar-refractivity contribution in [1.29, 1.82) is 5.26 Å². The highest BCUT2D eigenvalue weighted by molar-refractivity contribution is 7.80. The molecule has 2 N–H and O–H groups in total. The zero-order chi connectivity index (χ0) is 22.2. The molecule has 0 saturated carbocycles. The summed E-state index contributed by atoms with van der Waals surface area (Å²) in [5.41, 5.74) is -1.82. The second-order valence-electron chi connectivity index (χ2n) is 6.72. The number of aliphatic hydroxyl groups is 2. The highest BCUT2D eigenvalue weighted by Crippen LogP contribution is 2.45. The van der Waals surface area contributed by atoms with Gasteiger partial charge in [-0.25, -0.2) is 14.6 Å². The summed E-state index contributed by atoms with van der Waals surface area (Å²) in [6, 6.07) is 3.53. The standard InChI is InChI=1S/C18H17ClN6O4S2/c1-28-15-17(30)29-13(8-26)14(27)18(15,10-4-9(19)6-22-11(10)5-20)25-7-12(23-24-25)16-21-2-3-31-16/h2-4,6-7,13-15,17,26-27,30H,8H2,1H3/t13-,14+,15+,17-,18+/m0/s1. The average molecular weight is 481 g/mol. The van der Waals surface area contributed by atoms with Gasteiger partial charge in [-0.05, 0) is 6.07 Å². The third kappa shape index (κ3) is 3.52. The first-order valence-corrected chi connectivity index (χ1v) is 10.8. The lowest BCUT2D eigenvalue weighted by Gasteiger charge is -2.51. The van der Waals surface area contributed by atoms with Crippen molar-refractivity contribution < 1.29 is 19.7 Å². The van der Waals surface area contributed by atoms with Crippen LogP contribution >= 0.6 is 35.6 Å². The molecular formula is C18H17ClN6O4S2. The minimum Gasteiger partial charge on any atom is -0.394 e. The van der Waals surface area contributed by atoms with Crippen molar-refractivity contribution in [3.8, 4) is 16.8 Å². The van der Waals surface area contributed by atoms with Crippen LogP contribution in [0.15, 0.2) is 30.0 Å². The molecule has 4 rings (SSSR count). The second-order valence-corrected chi connectivity index (χ2v) is 8.56. The summed E-state index contributed by atoms with van der Waals surface area (Å²) in [6.07, 6.45) is 1.09.